The average Bonchev–Trinajstić information content (AvgIpc) is 2.72. The smallest absolute Gasteiger partial charge is 0.220 e. The lowest BCUT2D eigenvalue weighted by atomic mass is 10.1. The molecule has 0 radical (unpaired) electrons. The summed E-state index contributed by atoms with van der Waals surface area (Å²) in [4.78, 5) is 11.2. The fourth-order valence-electron chi connectivity index (χ4n) is 1.28. The molecule has 0 heterocycles. The van der Waals surface area contributed by atoms with Crippen molar-refractivity contribution in [2.75, 3.05) is 0 Å². The summed E-state index contributed by atoms with van der Waals surface area (Å²) in [6, 6.07) is 0.532. The lowest BCUT2D eigenvalue weighted by Gasteiger charge is -2.07. The molecule has 0 bridgehead atoms. The van der Waals surface area contributed by atoms with E-state index < -0.39 is 0 Å². The predicted octanol–water partition coefficient (Wildman–Crippen LogP) is 1.46. The van der Waals surface area contributed by atoms with Gasteiger partial charge in [-0.05, 0) is 31.1 Å². The van der Waals surface area contributed by atoms with Gasteiger partial charge in [0.1, 0.15) is 0 Å². The van der Waals surface area contributed by atoms with Crippen molar-refractivity contribution in [1.29, 1.82) is 0 Å². The summed E-state index contributed by atoms with van der Waals surface area (Å²) in [6.45, 7) is 2.19. The lowest BCUT2D eigenvalue weighted by molar-refractivity contribution is -0.122. The highest BCUT2D eigenvalue weighted by atomic mass is 16.1. The van der Waals surface area contributed by atoms with E-state index in [0.29, 0.717) is 11.5 Å². The third-order valence-corrected chi connectivity index (χ3v) is 2.63. The maximum Gasteiger partial charge on any atom is 0.220 e. The van der Waals surface area contributed by atoms with Gasteiger partial charge in [0, 0.05) is 12.5 Å². The SMILES string of the molecule is CC1(CC(=O)NC2CC2)CC1. The number of carbonyl (C=O) groups is 1. The van der Waals surface area contributed by atoms with Gasteiger partial charge in [-0.15, -0.1) is 0 Å². The van der Waals surface area contributed by atoms with Crippen LogP contribution in [0.3, 0.4) is 0 Å². The van der Waals surface area contributed by atoms with Gasteiger partial charge in [-0.2, -0.15) is 0 Å². The van der Waals surface area contributed by atoms with E-state index in [2.05, 4.69) is 12.2 Å². The molecule has 0 aliphatic heterocycles. The van der Waals surface area contributed by atoms with Gasteiger partial charge >= 0.3 is 0 Å². The minimum atomic E-state index is 0.271. The molecule has 0 aromatic rings. The van der Waals surface area contributed by atoms with Crippen LogP contribution in [0.1, 0.15) is 39.0 Å². The van der Waals surface area contributed by atoms with Crippen molar-refractivity contribution in [2.24, 2.45) is 5.41 Å². The Kier molecular flexibility index (Phi) is 1.44. The molecule has 2 rings (SSSR count). The van der Waals surface area contributed by atoms with Gasteiger partial charge in [-0.25, -0.2) is 0 Å². The Bertz CT molecular complexity index is 180. The van der Waals surface area contributed by atoms with Crippen molar-refractivity contribution in [3.05, 3.63) is 0 Å². The summed E-state index contributed by atoms with van der Waals surface area (Å²) in [5.74, 6) is 0.271. The van der Waals surface area contributed by atoms with Gasteiger partial charge in [0.15, 0.2) is 0 Å². The number of carbonyl (C=O) groups excluding carboxylic acids is 1. The van der Waals surface area contributed by atoms with Crippen LogP contribution >= 0.6 is 0 Å². The fraction of sp³-hybridized carbons (Fsp3) is 0.889. The van der Waals surface area contributed by atoms with Crippen molar-refractivity contribution in [3.8, 4) is 0 Å². The Labute approximate surface area is 67.4 Å². The molecule has 2 nitrogen and oxygen atoms in total. The van der Waals surface area contributed by atoms with Crippen molar-refractivity contribution < 1.29 is 4.79 Å². The molecule has 0 atom stereocenters. The second-order valence-corrected chi connectivity index (χ2v) is 4.33. The minimum Gasteiger partial charge on any atom is -0.353 e. The molecule has 0 spiro atoms. The standard InChI is InChI=1S/C9H15NO/c1-9(4-5-9)6-8(11)10-7-2-3-7/h7H,2-6H2,1H3,(H,10,11). The second-order valence-electron chi connectivity index (χ2n) is 4.33. The molecule has 2 aliphatic carbocycles. The Hall–Kier alpha value is -0.530. The molecule has 2 fully saturated rings. The van der Waals surface area contributed by atoms with E-state index in [0.717, 1.165) is 6.42 Å². The van der Waals surface area contributed by atoms with E-state index in [1.807, 2.05) is 0 Å². The van der Waals surface area contributed by atoms with Crippen LogP contribution in [0.2, 0.25) is 0 Å². The number of hydrogen-bond donors (Lipinski definition) is 1. The Morgan fingerprint density at radius 3 is 2.64 bits per heavy atom. The minimum absolute atomic E-state index is 0.271. The van der Waals surface area contributed by atoms with Crippen LogP contribution in [-0.2, 0) is 4.79 Å². The second kappa shape index (κ2) is 2.23. The van der Waals surface area contributed by atoms with Gasteiger partial charge in [0.25, 0.3) is 0 Å². The van der Waals surface area contributed by atoms with Crippen LogP contribution in [-0.4, -0.2) is 11.9 Å². The topological polar surface area (TPSA) is 29.1 Å². The predicted molar refractivity (Wildman–Crippen MR) is 43.1 cm³/mol. The van der Waals surface area contributed by atoms with E-state index in [1.165, 1.54) is 25.7 Å². The first-order valence-electron chi connectivity index (χ1n) is 4.47. The molecule has 1 N–H and O–H groups in total. The molecule has 2 heteroatoms. The third kappa shape index (κ3) is 1.95. The maximum absolute atomic E-state index is 11.2. The van der Waals surface area contributed by atoms with Crippen molar-refractivity contribution in [3.63, 3.8) is 0 Å². The van der Waals surface area contributed by atoms with Crippen LogP contribution in [0, 0.1) is 5.41 Å². The fourth-order valence-corrected chi connectivity index (χ4v) is 1.28. The molecule has 11 heavy (non-hydrogen) atoms. The van der Waals surface area contributed by atoms with Gasteiger partial charge < -0.3 is 5.32 Å². The highest BCUT2D eigenvalue weighted by Gasteiger charge is 2.39. The van der Waals surface area contributed by atoms with Crippen molar-refractivity contribution >= 4 is 5.91 Å². The van der Waals surface area contributed by atoms with Crippen LogP contribution < -0.4 is 5.32 Å². The van der Waals surface area contributed by atoms with Crippen molar-refractivity contribution in [2.45, 2.75) is 45.1 Å². The quantitative estimate of drug-likeness (QED) is 0.653. The summed E-state index contributed by atoms with van der Waals surface area (Å²) in [6.07, 6.45) is 5.63. The molecule has 62 valence electrons. The van der Waals surface area contributed by atoms with Crippen LogP contribution in [0.15, 0.2) is 0 Å². The number of amides is 1. The summed E-state index contributed by atoms with van der Waals surface area (Å²) in [5, 5.41) is 3.01. The number of hydrogen-bond acceptors (Lipinski definition) is 1. The Morgan fingerprint density at radius 2 is 2.18 bits per heavy atom. The number of nitrogens with one attached hydrogen (secondary N) is 1. The van der Waals surface area contributed by atoms with Gasteiger partial charge in [0.05, 0.1) is 0 Å². The van der Waals surface area contributed by atoms with E-state index in [4.69, 9.17) is 0 Å². The summed E-state index contributed by atoms with van der Waals surface area (Å²) < 4.78 is 0. The lowest BCUT2D eigenvalue weighted by Crippen LogP contribution is -2.27. The molecule has 1 amide bonds. The van der Waals surface area contributed by atoms with Gasteiger partial charge in [-0.1, -0.05) is 6.92 Å². The first kappa shape index (κ1) is 7.14. The van der Waals surface area contributed by atoms with Crippen LogP contribution in [0.25, 0.3) is 0 Å². The monoisotopic (exact) mass is 153 g/mol. The normalized spacial score (nSPS) is 26.3. The van der Waals surface area contributed by atoms with Gasteiger partial charge in [0.2, 0.25) is 5.91 Å². The zero-order valence-corrected chi connectivity index (χ0v) is 7.02. The molecule has 0 aromatic heterocycles. The first-order chi connectivity index (χ1) is 5.18. The molecular formula is C9H15NO. The van der Waals surface area contributed by atoms with E-state index in [9.17, 15) is 4.79 Å². The van der Waals surface area contributed by atoms with Crippen molar-refractivity contribution in [1.82, 2.24) is 5.32 Å². The summed E-state index contributed by atoms with van der Waals surface area (Å²) in [5.41, 5.74) is 0.374. The average molecular weight is 153 g/mol. The van der Waals surface area contributed by atoms with E-state index in [1.54, 1.807) is 0 Å². The largest absolute Gasteiger partial charge is 0.353 e. The molecule has 2 aliphatic rings. The van der Waals surface area contributed by atoms with E-state index in [-0.39, 0.29) is 5.91 Å². The van der Waals surface area contributed by atoms with Crippen LogP contribution in [0.4, 0.5) is 0 Å². The third-order valence-electron chi connectivity index (χ3n) is 2.63. The molecule has 0 aromatic carbocycles. The molecule has 0 saturated heterocycles. The molecule has 0 unspecified atom stereocenters. The Balaban J connectivity index is 1.72. The number of rotatable bonds is 3. The van der Waals surface area contributed by atoms with Gasteiger partial charge in [-0.3, -0.25) is 4.79 Å². The van der Waals surface area contributed by atoms with Crippen LogP contribution in [0.5, 0.6) is 0 Å². The first-order valence-corrected chi connectivity index (χ1v) is 4.47. The highest BCUT2D eigenvalue weighted by Crippen LogP contribution is 2.48. The van der Waals surface area contributed by atoms with E-state index >= 15 is 0 Å². The molecule has 2 saturated carbocycles. The zero-order chi connectivity index (χ0) is 7.90. The summed E-state index contributed by atoms with van der Waals surface area (Å²) in [7, 11) is 0. The zero-order valence-electron chi connectivity index (χ0n) is 7.02. The maximum atomic E-state index is 11.2. The molecular weight excluding hydrogens is 138 g/mol. The summed E-state index contributed by atoms with van der Waals surface area (Å²) >= 11 is 0. The Morgan fingerprint density at radius 1 is 1.55 bits per heavy atom. The highest BCUT2D eigenvalue weighted by molar-refractivity contribution is 5.77.